The Morgan fingerprint density at radius 3 is 2.81 bits per heavy atom. The maximum Gasteiger partial charge on any atom is 0.120 e. The summed E-state index contributed by atoms with van der Waals surface area (Å²) in [6.07, 6.45) is 1.87. The van der Waals surface area contributed by atoms with Gasteiger partial charge in [0.05, 0.1) is 24.3 Å². The van der Waals surface area contributed by atoms with E-state index in [0.29, 0.717) is 0 Å². The summed E-state index contributed by atoms with van der Waals surface area (Å²) in [6, 6.07) is 8.16. The number of methoxy groups -OCH3 is 1. The number of ether oxygens (including phenoxy) is 1. The summed E-state index contributed by atoms with van der Waals surface area (Å²) in [5, 5.41) is 2.42. The van der Waals surface area contributed by atoms with Crippen LogP contribution in [0.25, 0.3) is 21.8 Å². The SMILES string of the molecule is COc1ccc2c(c1)[nH]c1cnc(C)cc12. The van der Waals surface area contributed by atoms with E-state index in [0.717, 1.165) is 22.5 Å². The number of fused-ring (bicyclic) bond motifs is 3. The smallest absolute Gasteiger partial charge is 0.120 e. The number of pyridine rings is 1. The fraction of sp³-hybridized carbons (Fsp3) is 0.154. The predicted molar refractivity (Wildman–Crippen MR) is 64.9 cm³/mol. The molecule has 0 unspecified atom stereocenters. The molecule has 1 aromatic carbocycles. The van der Waals surface area contributed by atoms with E-state index in [9.17, 15) is 0 Å². The van der Waals surface area contributed by atoms with Crippen LogP contribution in [0.5, 0.6) is 5.75 Å². The van der Waals surface area contributed by atoms with Crippen LogP contribution in [0.1, 0.15) is 5.69 Å². The van der Waals surface area contributed by atoms with Crippen LogP contribution in [-0.2, 0) is 0 Å². The lowest BCUT2D eigenvalue weighted by Gasteiger charge is -1.98. The number of nitrogens with one attached hydrogen (secondary N) is 1. The van der Waals surface area contributed by atoms with Crippen LogP contribution in [-0.4, -0.2) is 17.1 Å². The molecule has 3 nitrogen and oxygen atoms in total. The van der Waals surface area contributed by atoms with E-state index in [1.807, 2.05) is 25.3 Å². The van der Waals surface area contributed by atoms with E-state index in [1.165, 1.54) is 10.8 Å². The molecule has 0 aliphatic rings. The number of aryl methyl sites for hydroxylation is 1. The van der Waals surface area contributed by atoms with Crippen LogP contribution < -0.4 is 4.74 Å². The summed E-state index contributed by atoms with van der Waals surface area (Å²) in [5.41, 5.74) is 3.18. The van der Waals surface area contributed by atoms with Gasteiger partial charge < -0.3 is 9.72 Å². The molecule has 3 aromatic rings. The van der Waals surface area contributed by atoms with Crippen molar-refractivity contribution in [2.24, 2.45) is 0 Å². The van der Waals surface area contributed by atoms with Crippen LogP contribution in [0.3, 0.4) is 0 Å². The Kier molecular flexibility index (Phi) is 1.86. The Balaban J connectivity index is 2.41. The van der Waals surface area contributed by atoms with E-state index >= 15 is 0 Å². The molecule has 3 rings (SSSR count). The monoisotopic (exact) mass is 212 g/mol. The van der Waals surface area contributed by atoms with Crippen LogP contribution in [0.2, 0.25) is 0 Å². The van der Waals surface area contributed by atoms with Crippen molar-refractivity contribution in [1.82, 2.24) is 9.97 Å². The van der Waals surface area contributed by atoms with E-state index in [1.54, 1.807) is 7.11 Å². The molecule has 0 radical (unpaired) electrons. The summed E-state index contributed by atoms with van der Waals surface area (Å²) in [7, 11) is 1.68. The van der Waals surface area contributed by atoms with E-state index in [-0.39, 0.29) is 0 Å². The molecule has 3 heteroatoms. The van der Waals surface area contributed by atoms with Crippen molar-refractivity contribution in [1.29, 1.82) is 0 Å². The van der Waals surface area contributed by atoms with Crippen molar-refractivity contribution >= 4 is 21.8 Å². The topological polar surface area (TPSA) is 37.9 Å². The highest BCUT2D eigenvalue weighted by Gasteiger charge is 2.05. The first-order chi connectivity index (χ1) is 7.78. The number of nitrogens with zero attached hydrogens (tertiary/aromatic N) is 1. The minimum absolute atomic E-state index is 0.865. The van der Waals surface area contributed by atoms with Crippen molar-refractivity contribution < 1.29 is 4.74 Å². The lowest BCUT2D eigenvalue weighted by Crippen LogP contribution is -1.80. The molecule has 0 spiro atoms. The van der Waals surface area contributed by atoms with Gasteiger partial charge in [0.25, 0.3) is 0 Å². The number of hydrogen-bond acceptors (Lipinski definition) is 2. The Labute approximate surface area is 93.1 Å². The highest BCUT2D eigenvalue weighted by Crippen LogP contribution is 2.28. The van der Waals surface area contributed by atoms with Crippen molar-refractivity contribution in [2.75, 3.05) is 7.11 Å². The zero-order chi connectivity index (χ0) is 11.1. The van der Waals surface area contributed by atoms with E-state index in [4.69, 9.17) is 4.74 Å². The highest BCUT2D eigenvalue weighted by atomic mass is 16.5. The van der Waals surface area contributed by atoms with Crippen LogP contribution in [0, 0.1) is 6.92 Å². The standard InChI is InChI=1S/C13H12N2O/c1-8-5-11-10-4-3-9(16-2)6-12(10)15-13(11)7-14-8/h3-7,15H,1-2H3. The molecule has 0 aliphatic heterocycles. The molecule has 2 heterocycles. The minimum Gasteiger partial charge on any atom is -0.497 e. The largest absolute Gasteiger partial charge is 0.497 e. The Morgan fingerprint density at radius 2 is 2.00 bits per heavy atom. The average Bonchev–Trinajstić information content (AvgIpc) is 2.66. The number of hydrogen-bond donors (Lipinski definition) is 1. The Hall–Kier alpha value is -2.03. The number of benzene rings is 1. The van der Waals surface area contributed by atoms with Gasteiger partial charge in [0, 0.05) is 22.5 Å². The van der Waals surface area contributed by atoms with Crippen molar-refractivity contribution in [3.05, 3.63) is 36.2 Å². The van der Waals surface area contributed by atoms with E-state index < -0.39 is 0 Å². The summed E-state index contributed by atoms with van der Waals surface area (Å²) in [4.78, 5) is 7.62. The molecule has 16 heavy (non-hydrogen) atoms. The molecule has 0 fully saturated rings. The molecular weight excluding hydrogens is 200 g/mol. The molecule has 0 atom stereocenters. The molecule has 1 N–H and O–H groups in total. The maximum absolute atomic E-state index is 5.21. The van der Waals surface area contributed by atoms with Gasteiger partial charge in [-0.2, -0.15) is 0 Å². The van der Waals surface area contributed by atoms with Crippen LogP contribution in [0.15, 0.2) is 30.5 Å². The average molecular weight is 212 g/mol. The summed E-state index contributed by atoms with van der Waals surface area (Å²) in [6.45, 7) is 2.00. The molecule has 2 aromatic heterocycles. The van der Waals surface area contributed by atoms with Gasteiger partial charge in [0.2, 0.25) is 0 Å². The molecular formula is C13H12N2O. The second-order valence-corrected chi connectivity index (χ2v) is 3.91. The first-order valence-corrected chi connectivity index (χ1v) is 5.20. The fourth-order valence-electron chi connectivity index (χ4n) is 2.02. The normalized spacial score (nSPS) is 11.1. The summed E-state index contributed by atoms with van der Waals surface area (Å²) < 4.78 is 5.21. The van der Waals surface area contributed by atoms with Gasteiger partial charge in [0.15, 0.2) is 0 Å². The minimum atomic E-state index is 0.865. The maximum atomic E-state index is 5.21. The fourth-order valence-corrected chi connectivity index (χ4v) is 2.02. The second kappa shape index (κ2) is 3.23. The predicted octanol–water partition coefficient (Wildman–Crippen LogP) is 3.03. The second-order valence-electron chi connectivity index (χ2n) is 3.91. The van der Waals surface area contributed by atoms with Crippen molar-refractivity contribution in [3.63, 3.8) is 0 Å². The first-order valence-electron chi connectivity index (χ1n) is 5.20. The van der Waals surface area contributed by atoms with Gasteiger partial charge >= 0.3 is 0 Å². The molecule has 0 saturated carbocycles. The highest BCUT2D eigenvalue weighted by molar-refractivity contribution is 6.07. The molecule has 0 bridgehead atoms. The summed E-state index contributed by atoms with van der Waals surface area (Å²) >= 11 is 0. The molecule has 0 aliphatic carbocycles. The first kappa shape index (κ1) is 9.21. The number of aromatic amines is 1. The van der Waals surface area contributed by atoms with E-state index in [2.05, 4.69) is 22.1 Å². The van der Waals surface area contributed by atoms with Crippen LogP contribution >= 0.6 is 0 Å². The quantitative estimate of drug-likeness (QED) is 0.673. The third-order valence-corrected chi connectivity index (χ3v) is 2.83. The lowest BCUT2D eigenvalue weighted by atomic mass is 10.1. The third-order valence-electron chi connectivity index (χ3n) is 2.83. The Bertz CT molecular complexity index is 670. The summed E-state index contributed by atoms with van der Waals surface area (Å²) in [5.74, 6) is 0.865. The van der Waals surface area contributed by atoms with Gasteiger partial charge in [-0.3, -0.25) is 4.98 Å². The van der Waals surface area contributed by atoms with Gasteiger partial charge in [-0.05, 0) is 25.1 Å². The van der Waals surface area contributed by atoms with Gasteiger partial charge in [-0.1, -0.05) is 0 Å². The van der Waals surface area contributed by atoms with Gasteiger partial charge in [-0.25, -0.2) is 0 Å². The lowest BCUT2D eigenvalue weighted by molar-refractivity contribution is 0.415. The third kappa shape index (κ3) is 1.25. The number of rotatable bonds is 1. The number of H-pyrrole nitrogens is 1. The zero-order valence-corrected chi connectivity index (χ0v) is 9.24. The van der Waals surface area contributed by atoms with Gasteiger partial charge in [0.1, 0.15) is 5.75 Å². The molecule has 0 saturated heterocycles. The zero-order valence-electron chi connectivity index (χ0n) is 9.24. The number of aromatic nitrogens is 2. The molecule has 80 valence electrons. The Morgan fingerprint density at radius 1 is 1.12 bits per heavy atom. The van der Waals surface area contributed by atoms with Crippen molar-refractivity contribution in [2.45, 2.75) is 6.92 Å². The van der Waals surface area contributed by atoms with Crippen molar-refractivity contribution in [3.8, 4) is 5.75 Å². The molecule has 0 amide bonds. The van der Waals surface area contributed by atoms with Crippen LogP contribution in [0.4, 0.5) is 0 Å². The van der Waals surface area contributed by atoms with Gasteiger partial charge in [-0.15, -0.1) is 0 Å².